The van der Waals surface area contributed by atoms with Crippen LogP contribution in [0.4, 0.5) is 4.39 Å². The second-order valence-corrected chi connectivity index (χ2v) is 5.45. The average Bonchev–Trinajstić information content (AvgIpc) is 2.46. The zero-order valence-electron chi connectivity index (χ0n) is 11.5. The summed E-state index contributed by atoms with van der Waals surface area (Å²) in [5, 5.41) is 0.764. The van der Waals surface area contributed by atoms with Crippen LogP contribution < -0.4 is 5.73 Å². The number of halogens is 2. The third-order valence-corrected chi connectivity index (χ3v) is 4.13. The Balaban J connectivity index is 2.33. The molecule has 0 radical (unpaired) electrons. The first-order valence-electron chi connectivity index (χ1n) is 6.83. The molecule has 20 heavy (non-hydrogen) atoms. The maximum Gasteiger partial charge on any atom is 0.123 e. The second kappa shape index (κ2) is 6.87. The van der Waals surface area contributed by atoms with Gasteiger partial charge < -0.3 is 5.73 Å². The van der Waals surface area contributed by atoms with Crippen molar-refractivity contribution in [2.75, 3.05) is 6.54 Å². The summed E-state index contributed by atoms with van der Waals surface area (Å²) in [7, 11) is 0. The van der Waals surface area contributed by atoms with Crippen molar-refractivity contribution in [2.45, 2.75) is 25.2 Å². The molecule has 0 saturated heterocycles. The minimum Gasteiger partial charge on any atom is -0.330 e. The molecular formula is C17H19ClFN. The van der Waals surface area contributed by atoms with E-state index in [2.05, 4.69) is 6.92 Å². The van der Waals surface area contributed by atoms with Crippen LogP contribution in [0.15, 0.2) is 48.5 Å². The van der Waals surface area contributed by atoms with Crippen molar-refractivity contribution < 1.29 is 4.39 Å². The van der Waals surface area contributed by atoms with Gasteiger partial charge >= 0.3 is 0 Å². The van der Waals surface area contributed by atoms with Gasteiger partial charge in [-0.15, -0.1) is 0 Å². The van der Waals surface area contributed by atoms with Crippen molar-refractivity contribution in [2.24, 2.45) is 5.73 Å². The van der Waals surface area contributed by atoms with E-state index in [1.165, 1.54) is 12.1 Å². The zero-order chi connectivity index (χ0) is 14.5. The van der Waals surface area contributed by atoms with E-state index in [-0.39, 0.29) is 17.7 Å². The summed E-state index contributed by atoms with van der Waals surface area (Å²) >= 11 is 6.31. The molecule has 0 saturated carbocycles. The maximum absolute atomic E-state index is 13.0. The molecule has 0 aliphatic rings. The first kappa shape index (κ1) is 15.0. The van der Waals surface area contributed by atoms with Crippen LogP contribution >= 0.6 is 11.6 Å². The molecule has 0 bridgehead atoms. The van der Waals surface area contributed by atoms with Gasteiger partial charge in [0.05, 0.1) is 0 Å². The van der Waals surface area contributed by atoms with Crippen LogP contribution in [0.5, 0.6) is 0 Å². The third kappa shape index (κ3) is 3.38. The lowest BCUT2D eigenvalue weighted by molar-refractivity contribution is 0.540. The fourth-order valence-corrected chi connectivity index (χ4v) is 2.90. The van der Waals surface area contributed by atoms with Crippen LogP contribution in [0.1, 0.15) is 36.3 Å². The molecule has 0 aliphatic heterocycles. The summed E-state index contributed by atoms with van der Waals surface area (Å²) in [5.41, 5.74) is 7.96. The molecule has 0 spiro atoms. The van der Waals surface area contributed by atoms with Crippen LogP contribution in [0, 0.1) is 5.82 Å². The van der Waals surface area contributed by atoms with E-state index in [1.54, 1.807) is 0 Å². The molecule has 0 amide bonds. The molecule has 2 atom stereocenters. The Kier molecular flexibility index (Phi) is 5.16. The first-order valence-corrected chi connectivity index (χ1v) is 7.21. The molecule has 2 N–H and O–H groups in total. The number of nitrogens with two attached hydrogens (primary N) is 1. The monoisotopic (exact) mass is 291 g/mol. The third-order valence-electron chi connectivity index (χ3n) is 3.78. The zero-order valence-corrected chi connectivity index (χ0v) is 12.3. The van der Waals surface area contributed by atoms with Gasteiger partial charge in [0.15, 0.2) is 0 Å². The number of benzene rings is 2. The van der Waals surface area contributed by atoms with Gasteiger partial charge in [-0.05, 0) is 54.1 Å². The Morgan fingerprint density at radius 3 is 2.35 bits per heavy atom. The summed E-state index contributed by atoms with van der Waals surface area (Å²) in [5.74, 6) is 0.257. The predicted molar refractivity (Wildman–Crippen MR) is 82.7 cm³/mol. The Morgan fingerprint density at radius 1 is 1.10 bits per heavy atom. The van der Waals surface area contributed by atoms with Crippen molar-refractivity contribution in [3.05, 3.63) is 70.5 Å². The van der Waals surface area contributed by atoms with Crippen molar-refractivity contribution >= 4 is 11.6 Å². The SMILES string of the molecule is CC(c1ccc(F)cc1)C(CCN)c1ccccc1Cl. The highest BCUT2D eigenvalue weighted by atomic mass is 35.5. The van der Waals surface area contributed by atoms with Crippen molar-refractivity contribution in [1.29, 1.82) is 0 Å². The van der Waals surface area contributed by atoms with E-state index in [0.29, 0.717) is 6.54 Å². The van der Waals surface area contributed by atoms with Gasteiger partial charge in [0, 0.05) is 5.02 Å². The van der Waals surface area contributed by atoms with E-state index in [4.69, 9.17) is 17.3 Å². The molecule has 0 heterocycles. The van der Waals surface area contributed by atoms with Gasteiger partial charge in [-0.2, -0.15) is 0 Å². The van der Waals surface area contributed by atoms with Crippen LogP contribution in [0.2, 0.25) is 5.02 Å². The standard InChI is InChI=1S/C17H19ClFN/c1-12(13-6-8-14(19)9-7-13)15(10-11-20)16-4-2-3-5-17(16)18/h2-9,12,15H,10-11,20H2,1H3. The summed E-state index contributed by atoms with van der Waals surface area (Å²) in [6, 6.07) is 14.5. The van der Waals surface area contributed by atoms with E-state index in [1.807, 2.05) is 36.4 Å². The molecule has 3 heteroatoms. The van der Waals surface area contributed by atoms with E-state index in [0.717, 1.165) is 22.6 Å². The van der Waals surface area contributed by atoms with Gasteiger partial charge in [-0.25, -0.2) is 4.39 Å². The second-order valence-electron chi connectivity index (χ2n) is 5.05. The molecule has 2 rings (SSSR count). The Bertz CT molecular complexity index is 553. The summed E-state index contributed by atoms with van der Waals surface area (Å²) in [6.07, 6.45) is 0.849. The largest absolute Gasteiger partial charge is 0.330 e. The lowest BCUT2D eigenvalue weighted by atomic mass is 9.80. The minimum absolute atomic E-state index is 0.214. The van der Waals surface area contributed by atoms with E-state index < -0.39 is 0 Å². The average molecular weight is 292 g/mol. The molecule has 0 aromatic heterocycles. The lowest BCUT2D eigenvalue weighted by Crippen LogP contribution is -2.14. The maximum atomic E-state index is 13.0. The molecule has 1 nitrogen and oxygen atoms in total. The molecule has 2 aromatic carbocycles. The van der Waals surface area contributed by atoms with Crippen molar-refractivity contribution in [3.63, 3.8) is 0 Å². The van der Waals surface area contributed by atoms with Crippen LogP contribution in [-0.2, 0) is 0 Å². The van der Waals surface area contributed by atoms with Gasteiger partial charge in [-0.1, -0.05) is 48.9 Å². The summed E-state index contributed by atoms with van der Waals surface area (Å²) < 4.78 is 13.0. The molecule has 0 fully saturated rings. The fraction of sp³-hybridized carbons (Fsp3) is 0.294. The lowest BCUT2D eigenvalue weighted by Gasteiger charge is -2.25. The summed E-state index contributed by atoms with van der Waals surface area (Å²) in [6.45, 7) is 2.73. The predicted octanol–water partition coefficient (Wildman–Crippen LogP) is 4.72. The highest BCUT2D eigenvalue weighted by Gasteiger charge is 2.22. The van der Waals surface area contributed by atoms with Crippen molar-refractivity contribution in [3.8, 4) is 0 Å². The molecule has 0 aliphatic carbocycles. The normalized spacial score (nSPS) is 14.0. The Labute approximate surface area is 124 Å². The molecule has 106 valence electrons. The summed E-state index contributed by atoms with van der Waals surface area (Å²) in [4.78, 5) is 0. The number of hydrogen-bond donors (Lipinski definition) is 1. The quantitative estimate of drug-likeness (QED) is 0.848. The molecule has 2 aromatic rings. The highest BCUT2D eigenvalue weighted by Crippen LogP contribution is 2.38. The van der Waals surface area contributed by atoms with Gasteiger partial charge in [-0.3, -0.25) is 0 Å². The van der Waals surface area contributed by atoms with Crippen LogP contribution in [-0.4, -0.2) is 6.54 Å². The fourth-order valence-electron chi connectivity index (χ4n) is 2.63. The highest BCUT2D eigenvalue weighted by molar-refractivity contribution is 6.31. The number of rotatable bonds is 5. The van der Waals surface area contributed by atoms with Crippen LogP contribution in [0.3, 0.4) is 0 Å². The van der Waals surface area contributed by atoms with E-state index >= 15 is 0 Å². The van der Waals surface area contributed by atoms with Crippen LogP contribution in [0.25, 0.3) is 0 Å². The number of hydrogen-bond acceptors (Lipinski definition) is 1. The topological polar surface area (TPSA) is 26.0 Å². The van der Waals surface area contributed by atoms with Gasteiger partial charge in [0.2, 0.25) is 0 Å². The first-order chi connectivity index (χ1) is 9.63. The minimum atomic E-state index is -0.214. The molecular weight excluding hydrogens is 273 g/mol. The van der Waals surface area contributed by atoms with Gasteiger partial charge in [0.1, 0.15) is 5.82 Å². The Morgan fingerprint density at radius 2 is 1.75 bits per heavy atom. The van der Waals surface area contributed by atoms with Gasteiger partial charge in [0.25, 0.3) is 0 Å². The van der Waals surface area contributed by atoms with Crippen molar-refractivity contribution in [1.82, 2.24) is 0 Å². The van der Waals surface area contributed by atoms with E-state index in [9.17, 15) is 4.39 Å². The smallest absolute Gasteiger partial charge is 0.123 e. The Hall–Kier alpha value is -1.38. The molecule has 2 unspecified atom stereocenters.